The minimum absolute atomic E-state index is 0.0575. The molecule has 8 nitrogen and oxygen atoms in total. The molecule has 2 aromatic carbocycles. The van der Waals surface area contributed by atoms with Crippen molar-refractivity contribution < 1.29 is 23.9 Å². The summed E-state index contributed by atoms with van der Waals surface area (Å²) in [5.41, 5.74) is 6.17. The molecule has 2 amide bonds. The van der Waals surface area contributed by atoms with Crippen LogP contribution in [0, 0.1) is 5.82 Å². The first-order valence-electron chi connectivity index (χ1n) is 8.32. The molecule has 1 heterocycles. The maximum Gasteiger partial charge on any atom is 0.247 e. The van der Waals surface area contributed by atoms with Gasteiger partial charge in [-0.05, 0) is 23.8 Å². The molecule has 0 aromatic heterocycles. The van der Waals surface area contributed by atoms with E-state index in [1.165, 1.54) is 42.6 Å². The minimum Gasteiger partial charge on any atom is -0.545 e. The van der Waals surface area contributed by atoms with Gasteiger partial charge in [-0.25, -0.2) is 9.29 Å². The van der Waals surface area contributed by atoms with E-state index in [9.17, 15) is 23.9 Å². The maximum atomic E-state index is 13.5. The fraction of sp³-hybridized carbons (Fsp3) is 0.105. The first kappa shape index (κ1) is 20.2. The molecule has 1 saturated heterocycles. The third-order valence-electron chi connectivity index (χ3n) is 3.99. The monoisotopic (exact) mass is 413 g/mol. The number of nitrogens with zero attached hydrogens (tertiary/aromatic N) is 3. The summed E-state index contributed by atoms with van der Waals surface area (Å²) in [4.78, 5) is 36.6. The van der Waals surface area contributed by atoms with Crippen LogP contribution in [-0.2, 0) is 9.59 Å². The van der Waals surface area contributed by atoms with E-state index in [1.54, 1.807) is 12.1 Å². The smallest absolute Gasteiger partial charge is 0.247 e. The fourth-order valence-corrected chi connectivity index (χ4v) is 3.43. The molecule has 148 valence electrons. The van der Waals surface area contributed by atoms with Gasteiger partial charge in [-0.3, -0.25) is 9.59 Å². The molecule has 1 aliphatic rings. The lowest BCUT2D eigenvalue weighted by Gasteiger charge is -2.15. The number of amidine groups is 1. The predicted molar refractivity (Wildman–Crippen MR) is 105 cm³/mol. The van der Waals surface area contributed by atoms with Gasteiger partial charge in [-0.1, -0.05) is 42.1 Å². The van der Waals surface area contributed by atoms with Gasteiger partial charge in [0.1, 0.15) is 11.1 Å². The highest BCUT2D eigenvalue weighted by Gasteiger charge is 2.40. The number of nitrogens with two attached hydrogens (primary N) is 1. The number of carboxylic acids is 1. The van der Waals surface area contributed by atoms with Crippen molar-refractivity contribution in [3.8, 4) is 0 Å². The number of aromatic carboxylic acids is 1. The van der Waals surface area contributed by atoms with Crippen molar-refractivity contribution >= 4 is 46.6 Å². The number of hydrogen-bond donors (Lipinski definition) is 1. The molecule has 10 heteroatoms. The largest absolute Gasteiger partial charge is 0.545 e. The lowest BCUT2D eigenvalue weighted by atomic mass is 10.2. The van der Waals surface area contributed by atoms with Crippen LogP contribution in [0.15, 0.2) is 58.7 Å². The van der Waals surface area contributed by atoms with E-state index in [1.807, 2.05) is 0 Å². The van der Waals surface area contributed by atoms with E-state index in [4.69, 9.17) is 5.73 Å². The Morgan fingerprint density at radius 2 is 1.90 bits per heavy atom. The van der Waals surface area contributed by atoms with Crippen LogP contribution in [0.4, 0.5) is 10.1 Å². The molecule has 2 N–H and O–H groups in total. The Morgan fingerprint density at radius 1 is 1.21 bits per heavy atom. The number of carbonyl (C=O) groups excluding carboxylic acids is 3. The van der Waals surface area contributed by atoms with Gasteiger partial charge in [-0.15, -0.1) is 5.10 Å². The zero-order valence-electron chi connectivity index (χ0n) is 14.8. The minimum atomic E-state index is -1.36. The van der Waals surface area contributed by atoms with Crippen molar-refractivity contribution in [1.82, 2.24) is 0 Å². The van der Waals surface area contributed by atoms with Gasteiger partial charge in [0.15, 0.2) is 5.17 Å². The van der Waals surface area contributed by atoms with E-state index < -0.39 is 28.9 Å². The van der Waals surface area contributed by atoms with Crippen LogP contribution in [0.25, 0.3) is 0 Å². The zero-order chi connectivity index (χ0) is 21.0. The first-order valence-corrected chi connectivity index (χ1v) is 9.20. The van der Waals surface area contributed by atoms with Crippen molar-refractivity contribution in [3.05, 3.63) is 65.5 Å². The third kappa shape index (κ3) is 4.66. The van der Waals surface area contributed by atoms with Crippen LogP contribution < -0.4 is 15.7 Å². The second kappa shape index (κ2) is 8.65. The van der Waals surface area contributed by atoms with E-state index in [-0.39, 0.29) is 28.4 Å². The standard InChI is InChI=1S/C19H15FN4O4S/c20-14-4-2-1-3-12(14)10-22-23-19(21)29-15-9-16(25)24(17(15)26)13-7-5-11(6-8-13)18(27)28/h1-8,10,15H,9H2,(H2,21,23)(H,27,28)/p-1/b22-10-/t15-/m1/s1. The first-order chi connectivity index (χ1) is 13.9. The van der Waals surface area contributed by atoms with Crippen LogP contribution >= 0.6 is 11.8 Å². The van der Waals surface area contributed by atoms with Gasteiger partial charge in [-0.2, -0.15) is 5.10 Å². The highest BCUT2D eigenvalue weighted by molar-refractivity contribution is 8.14. The molecule has 0 saturated carbocycles. The average molecular weight is 413 g/mol. The molecular formula is C19H14FN4O4S-. The summed E-state index contributed by atoms with van der Waals surface area (Å²) in [6, 6.07) is 11.2. The number of rotatable bonds is 5. The Balaban J connectivity index is 1.67. The molecule has 0 spiro atoms. The summed E-state index contributed by atoms with van der Waals surface area (Å²) >= 11 is 0.869. The summed E-state index contributed by atoms with van der Waals surface area (Å²) in [6.45, 7) is 0. The fourth-order valence-electron chi connectivity index (χ4n) is 2.61. The van der Waals surface area contributed by atoms with Crippen molar-refractivity contribution in [3.63, 3.8) is 0 Å². The van der Waals surface area contributed by atoms with Crippen LogP contribution in [0.3, 0.4) is 0 Å². The molecule has 0 bridgehead atoms. The molecule has 29 heavy (non-hydrogen) atoms. The number of halogens is 1. The van der Waals surface area contributed by atoms with Gasteiger partial charge in [0, 0.05) is 12.0 Å². The average Bonchev–Trinajstić information content (AvgIpc) is 2.96. The zero-order valence-corrected chi connectivity index (χ0v) is 15.6. The predicted octanol–water partition coefficient (Wildman–Crippen LogP) is 0.903. The summed E-state index contributed by atoms with van der Waals surface area (Å²) in [5, 5.41) is 17.4. The SMILES string of the molecule is NC(=N/N=C\c1ccccc1F)S[C@@H]1CC(=O)N(c2ccc(C(=O)[O-])cc2)C1=O. The molecule has 1 fully saturated rings. The Kier molecular flexibility index (Phi) is 6.03. The lowest BCUT2D eigenvalue weighted by Crippen LogP contribution is -2.32. The molecule has 3 rings (SSSR count). The summed E-state index contributed by atoms with van der Waals surface area (Å²) in [6.07, 6.45) is 1.09. The topological polar surface area (TPSA) is 128 Å². The second-order valence-electron chi connectivity index (χ2n) is 5.92. The maximum absolute atomic E-state index is 13.5. The van der Waals surface area contributed by atoms with Crippen molar-refractivity contribution in [2.45, 2.75) is 11.7 Å². The Hall–Kier alpha value is -3.53. The van der Waals surface area contributed by atoms with Crippen molar-refractivity contribution in [2.24, 2.45) is 15.9 Å². The highest BCUT2D eigenvalue weighted by Crippen LogP contribution is 2.29. The number of hydrogen-bond acceptors (Lipinski definition) is 7. The molecule has 1 atom stereocenters. The summed E-state index contributed by atoms with van der Waals surface area (Å²) in [5.74, 6) is -2.77. The van der Waals surface area contributed by atoms with Gasteiger partial charge in [0.05, 0.1) is 17.9 Å². The van der Waals surface area contributed by atoms with Crippen LogP contribution in [0.5, 0.6) is 0 Å². The van der Waals surface area contributed by atoms with Gasteiger partial charge in [0.25, 0.3) is 0 Å². The molecular weight excluding hydrogens is 399 g/mol. The van der Waals surface area contributed by atoms with E-state index in [2.05, 4.69) is 10.2 Å². The number of imide groups is 1. The quantitative estimate of drug-likeness (QED) is 0.336. The molecule has 1 aliphatic heterocycles. The molecule has 0 aliphatic carbocycles. The molecule has 2 aromatic rings. The second-order valence-corrected chi connectivity index (χ2v) is 7.14. The number of thioether (sulfide) groups is 1. The van der Waals surface area contributed by atoms with Gasteiger partial charge in [0.2, 0.25) is 11.8 Å². The lowest BCUT2D eigenvalue weighted by molar-refractivity contribution is -0.255. The Bertz CT molecular complexity index is 1020. The van der Waals surface area contributed by atoms with Crippen LogP contribution in [0.2, 0.25) is 0 Å². The summed E-state index contributed by atoms with van der Waals surface area (Å²) < 4.78 is 13.5. The number of carboxylic acid groups (broad SMARTS) is 1. The number of carbonyl (C=O) groups is 3. The van der Waals surface area contributed by atoms with Gasteiger partial charge < -0.3 is 15.6 Å². The van der Waals surface area contributed by atoms with Crippen LogP contribution in [-0.4, -0.2) is 34.4 Å². The highest BCUT2D eigenvalue weighted by atomic mass is 32.2. The summed E-state index contributed by atoms with van der Waals surface area (Å²) in [7, 11) is 0. The van der Waals surface area contributed by atoms with E-state index in [0.717, 1.165) is 16.7 Å². The van der Waals surface area contributed by atoms with Crippen molar-refractivity contribution in [2.75, 3.05) is 4.90 Å². The van der Waals surface area contributed by atoms with E-state index >= 15 is 0 Å². The Morgan fingerprint density at radius 3 is 2.55 bits per heavy atom. The van der Waals surface area contributed by atoms with E-state index in [0.29, 0.717) is 0 Å². The molecule has 0 unspecified atom stereocenters. The third-order valence-corrected chi connectivity index (χ3v) is 4.96. The molecule has 0 radical (unpaired) electrons. The number of amides is 2. The van der Waals surface area contributed by atoms with Gasteiger partial charge >= 0.3 is 0 Å². The van der Waals surface area contributed by atoms with Crippen LogP contribution in [0.1, 0.15) is 22.3 Å². The number of anilines is 1. The number of benzene rings is 2. The van der Waals surface area contributed by atoms with Crippen molar-refractivity contribution in [1.29, 1.82) is 0 Å². The normalized spacial score (nSPS) is 17.3. The Labute approximate surface area is 168 Å².